The van der Waals surface area contributed by atoms with E-state index in [4.69, 9.17) is 0 Å². The number of aromatic nitrogens is 1. The van der Waals surface area contributed by atoms with Crippen LogP contribution in [0.15, 0.2) is 255 Å². The van der Waals surface area contributed by atoms with Crippen molar-refractivity contribution < 1.29 is 0 Å². The Morgan fingerprint density at radius 2 is 0.656 bits per heavy atom. The Morgan fingerprint density at radius 3 is 1.27 bits per heavy atom. The zero-order chi connectivity index (χ0) is 42.4. The molecule has 0 fully saturated rings. The SMILES string of the molecule is c1ccc(-c2ccc(N(c3ccc(-c4ccc(-c5ccccc5-n5c6ccccc6c6ccccc65)cc4)cc3)c3ccc(-c4ccc5c(ccc6ccccc65)c4)cc3)cc2)cc1. The first kappa shape index (κ1) is 37.3. The summed E-state index contributed by atoms with van der Waals surface area (Å²) < 4.78 is 2.41. The zero-order valence-corrected chi connectivity index (χ0v) is 35.1. The highest BCUT2D eigenvalue weighted by molar-refractivity contribution is 6.10. The lowest BCUT2D eigenvalue weighted by atomic mass is 9.97. The molecule has 0 unspecified atom stereocenters. The van der Waals surface area contributed by atoms with Crippen LogP contribution in [0.25, 0.3) is 93.5 Å². The summed E-state index contributed by atoms with van der Waals surface area (Å²) in [7, 11) is 0. The van der Waals surface area contributed by atoms with Crippen LogP contribution in [-0.4, -0.2) is 4.57 Å². The van der Waals surface area contributed by atoms with Crippen LogP contribution in [0, 0.1) is 0 Å². The highest BCUT2D eigenvalue weighted by atomic mass is 15.1. The van der Waals surface area contributed by atoms with Crippen molar-refractivity contribution in [1.82, 2.24) is 4.57 Å². The molecule has 0 aliphatic carbocycles. The second-order valence-corrected chi connectivity index (χ2v) is 16.5. The predicted octanol–water partition coefficient (Wildman–Crippen LogP) is 17.2. The molecule has 2 heteroatoms. The molecule has 12 rings (SSSR count). The van der Waals surface area contributed by atoms with E-state index < -0.39 is 0 Å². The smallest absolute Gasteiger partial charge is 0.0541 e. The third-order valence-electron chi connectivity index (χ3n) is 12.8. The molecular weight excluding hydrogens is 773 g/mol. The lowest BCUT2D eigenvalue weighted by Crippen LogP contribution is -2.09. The first-order chi connectivity index (χ1) is 31.7. The van der Waals surface area contributed by atoms with Gasteiger partial charge in [-0.1, -0.05) is 194 Å². The van der Waals surface area contributed by atoms with Crippen molar-refractivity contribution in [3.8, 4) is 50.2 Å². The Morgan fingerprint density at radius 1 is 0.250 bits per heavy atom. The van der Waals surface area contributed by atoms with Gasteiger partial charge in [-0.15, -0.1) is 0 Å². The molecule has 300 valence electrons. The van der Waals surface area contributed by atoms with E-state index in [1.807, 2.05) is 0 Å². The number of rotatable bonds is 8. The van der Waals surface area contributed by atoms with Gasteiger partial charge in [-0.2, -0.15) is 0 Å². The minimum Gasteiger partial charge on any atom is -0.311 e. The normalized spacial score (nSPS) is 11.4. The van der Waals surface area contributed by atoms with Crippen LogP contribution in [0.4, 0.5) is 17.1 Å². The summed E-state index contributed by atoms with van der Waals surface area (Å²) in [5, 5.41) is 7.62. The van der Waals surface area contributed by atoms with E-state index in [0.717, 1.165) is 17.1 Å². The highest BCUT2D eigenvalue weighted by Gasteiger charge is 2.17. The Labute approximate surface area is 373 Å². The van der Waals surface area contributed by atoms with Gasteiger partial charge in [-0.25, -0.2) is 0 Å². The Balaban J connectivity index is 0.870. The molecule has 0 saturated heterocycles. The Hall–Kier alpha value is -8.46. The summed E-state index contributed by atoms with van der Waals surface area (Å²) in [4.78, 5) is 2.35. The van der Waals surface area contributed by atoms with Crippen LogP contribution >= 0.6 is 0 Å². The van der Waals surface area contributed by atoms with Crippen LogP contribution in [0.3, 0.4) is 0 Å². The summed E-state index contributed by atoms with van der Waals surface area (Å²) in [5.41, 5.74) is 16.4. The highest BCUT2D eigenvalue weighted by Crippen LogP contribution is 2.40. The molecule has 2 nitrogen and oxygen atoms in total. The van der Waals surface area contributed by atoms with Gasteiger partial charge >= 0.3 is 0 Å². The van der Waals surface area contributed by atoms with Gasteiger partial charge in [-0.05, 0) is 121 Å². The fraction of sp³-hybridized carbons (Fsp3) is 0. The standard InChI is InChI=1S/C62H42N2/c1-2-12-43(13-3-1)45-28-35-52(36-29-45)63(54-39-32-47(33-40-54)50-34-41-56-51(42-50)27-26-48-14-4-5-15-55(48)56)53-37-30-46(31-38-53)44-22-24-49(25-23-44)57-16-6-9-19-60(57)64-61-20-10-7-17-58(61)59-18-8-11-21-62(59)64/h1-42H. The van der Waals surface area contributed by atoms with E-state index in [0.29, 0.717) is 0 Å². The fourth-order valence-electron chi connectivity index (χ4n) is 9.62. The molecule has 11 aromatic carbocycles. The van der Waals surface area contributed by atoms with Gasteiger partial charge < -0.3 is 9.47 Å². The number of fused-ring (bicyclic) bond motifs is 6. The van der Waals surface area contributed by atoms with Gasteiger partial charge in [0.05, 0.1) is 16.7 Å². The molecule has 0 radical (unpaired) electrons. The van der Waals surface area contributed by atoms with Crippen molar-refractivity contribution >= 4 is 60.4 Å². The number of nitrogens with zero attached hydrogens (tertiary/aromatic N) is 2. The molecule has 0 saturated carbocycles. The van der Waals surface area contributed by atoms with Crippen LogP contribution in [-0.2, 0) is 0 Å². The zero-order valence-electron chi connectivity index (χ0n) is 35.1. The van der Waals surface area contributed by atoms with E-state index in [1.54, 1.807) is 0 Å². The maximum absolute atomic E-state index is 2.41. The van der Waals surface area contributed by atoms with Gasteiger partial charge in [0.1, 0.15) is 0 Å². The fourth-order valence-corrected chi connectivity index (χ4v) is 9.62. The van der Waals surface area contributed by atoms with Gasteiger partial charge in [0.25, 0.3) is 0 Å². The van der Waals surface area contributed by atoms with Crippen LogP contribution in [0.5, 0.6) is 0 Å². The second kappa shape index (κ2) is 15.8. The summed E-state index contributed by atoms with van der Waals surface area (Å²) in [6.07, 6.45) is 0. The third-order valence-corrected chi connectivity index (χ3v) is 12.8. The summed E-state index contributed by atoms with van der Waals surface area (Å²) in [5.74, 6) is 0. The Kier molecular flexibility index (Phi) is 9.20. The summed E-state index contributed by atoms with van der Waals surface area (Å²) in [6.45, 7) is 0. The lowest BCUT2D eigenvalue weighted by Gasteiger charge is -2.26. The summed E-state index contributed by atoms with van der Waals surface area (Å²) in [6, 6.07) is 92.5. The van der Waals surface area contributed by atoms with Gasteiger partial charge in [-0.3, -0.25) is 0 Å². The molecule has 0 aliphatic heterocycles. The largest absolute Gasteiger partial charge is 0.311 e. The molecule has 12 aromatic rings. The average molecular weight is 815 g/mol. The molecule has 0 aliphatic rings. The van der Waals surface area contributed by atoms with Gasteiger partial charge in [0.15, 0.2) is 0 Å². The maximum atomic E-state index is 2.41. The van der Waals surface area contributed by atoms with Crippen LogP contribution in [0.2, 0.25) is 0 Å². The quantitative estimate of drug-likeness (QED) is 0.139. The van der Waals surface area contributed by atoms with Crippen LogP contribution < -0.4 is 4.90 Å². The molecule has 1 aromatic heterocycles. The minimum absolute atomic E-state index is 1.10. The lowest BCUT2D eigenvalue weighted by molar-refractivity contribution is 1.18. The first-order valence-corrected chi connectivity index (χ1v) is 22.0. The number of para-hydroxylation sites is 3. The Bertz CT molecular complexity index is 3570. The topological polar surface area (TPSA) is 8.17 Å². The minimum atomic E-state index is 1.10. The molecule has 64 heavy (non-hydrogen) atoms. The first-order valence-electron chi connectivity index (χ1n) is 22.0. The maximum Gasteiger partial charge on any atom is 0.0541 e. The number of benzene rings is 11. The molecule has 0 N–H and O–H groups in total. The van der Waals surface area contributed by atoms with E-state index in [-0.39, 0.29) is 0 Å². The molecule has 0 spiro atoms. The van der Waals surface area contributed by atoms with Gasteiger partial charge in [0, 0.05) is 33.4 Å². The van der Waals surface area contributed by atoms with Crippen molar-refractivity contribution in [3.63, 3.8) is 0 Å². The molecule has 0 amide bonds. The van der Waals surface area contributed by atoms with Crippen molar-refractivity contribution in [2.75, 3.05) is 4.90 Å². The molecule has 0 atom stereocenters. The third kappa shape index (κ3) is 6.61. The second-order valence-electron chi connectivity index (χ2n) is 16.5. The van der Waals surface area contributed by atoms with Crippen molar-refractivity contribution in [1.29, 1.82) is 0 Å². The van der Waals surface area contributed by atoms with Crippen LogP contribution in [0.1, 0.15) is 0 Å². The number of hydrogen-bond acceptors (Lipinski definition) is 1. The predicted molar refractivity (Wildman–Crippen MR) is 272 cm³/mol. The number of hydrogen-bond donors (Lipinski definition) is 0. The average Bonchev–Trinajstić information content (AvgIpc) is 3.71. The van der Waals surface area contributed by atoms with Crippen molar-refractivity contribution in [2.24, 2.45) is 0 Å². The molecular formula is C62H42N2. The van der Waals surface area contributed by atoms with Crippen molar-refractivity contribution in [3.05, 3.63) is 255 Å². The molecule has 0 bridgehead atoms. The van der Waals surface area contributed by atoms with Gasteiger partial charge in [0.2, 0.25) is 0 Å². The monoisotopic (exact) mass is 814 g/mol. The van der Waals surface area contributed by atoms with E-state index in [9.17, 15) is 0 Å². The van der Waals surface area contributed by atoms with E-state index >= 15 is 0 Å². The summed E-state index contributed by atoms with van der Waals surface area (Å²) >= 11 is 0. The van der Waals surface area contributed by atoms with Crippen molar-refractivity contribution in [2.45, 2.75) is 0 Å². The number of anilines is 3. The molecule has 1 heterocycles. The van der Waals surface area contributed by atoms with E-state index in [2.05, 4.69) is 264 Å². The van der Waals surface area contributed by atoms with E-state index in [1.165, 1.54) is 93.5 Å².